The third-order valence-electron chi connectivity index (χ3n) is 4.12. The van der Waals surface area contributed by atoms with Crippen molar-refractivity contribution in [3.63, 3.8) is 0 Å². The second-order valence-corrected chi connectivity index (χ2v) is 5.49. The van der Waals surface area contributed by atoms with E-state index in [2.05, 4.69) is 23.7 Å². The van der Waals surface area contributed by atoms with Crippen LogP contribution in [0, 0.1) is 11.8 Å². The summed E-state index contributed by atoms with van der Waals surface area (Å²) in [4.78, 5) is 6.79. The first-order chi connectivity index (χ1) is 7.72. The molecular weight excluding hydrogens is 198 g/mol. The molecule has 0 radical (unpaired) electrons. The SMILES string of the molecule is CCCN1C(N)=NCC1C1CCCC(C)C1. The van der Waals surface area contributed by atoms with E-state index in [-0.39, 0.29) is 0 Å². The zero-order chi connectivity index (χ0) is 11.5. The van der Waals surface area contributed by atoms with E-state index in [1.54, 1.807) is 0 Å². The number of aliphatic imine (C=N–C) groups is 1. The van der Waals surface area contributed by atoms with E-state index in [9.17, 15) is 0 Å². The highest BCUT2D eigenvalue weighted by atomic mass is 15.3. The lowest BCUT2D eigenvalue weighted by atomic mass is 9.78. The Labute approximate surface area is 99.1 Å². The number of rotatable bonds is 3. The summed E-state index contributed by atoms with van der Waals surface area (Å²) in [6.45, 7) is 6.61. The molecule has 16 heavy (non-hydrogen) atoms. The van der Waals surface area contributed by atoms with Gasteiger partial charge in [0.05, 0.1) is 12.6 Å². The molecule has 0 aromatic heterocycles. The minimum atomic E-state index is 0.600. The molecule has 92 valence electrons. The van der Waals surface area contributed by atoms with E-state index >= 15 is 0 Å². The second-order valence-electron chi connectivity index (χ2n) is 5.49. The molecule has 3 nitrogen and oxygen atoms in total. The highest BCUT2D eigenvalue weighted by molar-refractivity contribution is 5.80. The summed E-state index contributed by atoms with van der Waals surface area (Å²) in [6.07, 6.45) is 6.70. The lowest BCUT2D eigenvalue weighted by molar-refractivity contribution is 0.174. The average Bonchev–Trinajstić information content (AvgIpc) is 2.61. The zero-order valence-corrected chi connectivity index (χ0v) is 10.7. The van der Waals surface area contributed by atoms with Gasteiger partial charge in [0, 0.05) is 6.54 Å². The number of nitrogens with zero attached hydrogens (tertiary/aromatic N) is 2. The average molecular weight is 223 g/mol. The van der Waals surface area contributed by atoms with Crippen LogP contribution in [0.3, 0.4) is 0 Å². The van der Waals surface area contributed by atoms with Gasteiger partial charge in [-0.3, -0.25) is 4.99 Å². The number of guanidine groups is 1. The summed E-state index contributed by atoms with van der Waals surface area (Å²) >= 11 is 0. The maximum Gasteiger partial charge on any atom is 0.191 e. The Morgan fingerprint density at radius 2 is 2.25 bits per heavy atom. The maximum atomic E-state index is 5.97. The molecule has 0 aromatic rings. The van der Waals surface area contributed by atoms with Crippen molar-refractivity contribution < 1.29 is 0 Å². The topological polar surface area (TPSA) is 41.6 Å². The Hall–Kier alpha value is -0.730. The fourth-order valence-corrected chi connectivity index (χ4v) is 3.30. The second kappa shape index (κ2) is 5.07. The van der Waals surface area contributed by atoms with Crippen LogP contribution in [-0.2, 0) is 0 Å². The predicted octanol–water partition coefficient (Wildman–Crippen LogP) is 2.22. The Kier molecular flexibility index (Phi) is 3.72. The fraction of sp³-hybridized carbons (Fsp3) is 0.923. The van der Waals surface area contributed by atoms with E-state index < -0.39 is 0 Å². The van der Waals surface area contributed by atoms with Crippen molar-refractivity contribution in [2.75, 3.05) is 13.1 Å². The van der Waals surface area contributed by atoms with Gasteiger partial charge in [-0.1, -0.05) is 26.7 Å². The van der Waals surface area contributed by atoms with Gasteiger partial charge in [0.15, 0.2) is 5.96 Å². The van der Waals surface area contributed by atoms with Gasteiger partial charge in [-0.25, -0.2) is 0 Å². The van der Waals surface area contributed by atoms with E-state index in [0.717, 1.165) is 37.3 Å². The van der Waals surface area contributed by atoms with Crippen LogP contribution in [0.5, 0.6) is 0 Å². The lowest BCUT2D eigenvalue weighted by Crippen LogP contribution is -2.45. The Morgan fingerprint density at radius 1 is 1.44 bits per heavy atom. The van der Waals surface area contributed by atoms with Crippen molar-refractivity contribution in [2.45, 2.75) is 52.0 Å². The summed E-state index contributed by atoms with van der Waals surface area (Å²) in [6, 6.07) is 0.600. The molecule has 0 aromatic carbocycles. The highest BCUT2D eigenvalue weighted by Crippen LogP contribution is 2.34. The van der Waals surface area contributed by atoms with Crippen molar-refractivity contribution in [3.8, 4) is 0 Å². The third-order valence-corrected chi connectivity index (χ3v) is 4.12. The van der Waals surface area contributed by atoms with Gasteiger partial charge in [-0.15, -0.1) is 0 Å². The first kappa shape index (κ1) is 11.7. The normalized spacial score (nSPS) is 35.2. The molecule has 3 unspecified atom stereocenters. The molecule has 3 atom stereocenters. The van der Waals surface area contributed by atoms with Crippen LogP contribution in [0.4, 0.5) is 0 Å². The van der Waals surface area contributed by atoms with Gasteiger partial charge in [-0.05, 0) is 31.1 Å². The van der Waals surface area contributed by atoms with Crippen LogP contribution in [-0.4, -0.2) is 30.0 Å². The van der Waals surface area contributed by atoms with E-state index in [0.29, 0.717) is 6.04 Å². The van der Waals surface area contributed by atoms with Crippen molar-refractivity contribution >= 4 is 5.96 Å². The molecule has 1 heterocycles. The van der Waals surface area contributed by atoms with Crippen LogP contribution < -0.4 is 5.73 Å². The molecule has 2 aliphatic rings. The Bertz CT molecular complexity index is 262. The quantitative estimate of drug-likeness (QED) is 0.797. The Balaban J connectivity index is 1.98. The number of nitrogens with two attached hydrogens (primary N) is 1. The largest absolute Gasteiger partial charge is 0.370 e. The summed E-state index contributed by atoms with van der Waals surface area (Å²) in [7, 11) is 0. The van der Waals surface area contributed by atoms with Crippen molar-refractivity contribution in [1.29, 1.82) is 0 Å². The smallest absolute Gasteiger partial charge is 0.191 e. The summed E-state index contributed by atoms with van der Waals surface area (Å²) in [5, 5.41) is 0. The minimum absolute atomic E-state index is 0.600. The van der Waals surface area contributed by atoms with Gasteiger partial charge < -0.3 is 10.6 Å². The summed E-state index contributed by atoms with van der Waals surface area (Å²) in [5.74, 6) is 2.49. The summed E-state index contributed by atoms with van der Waals surface area (Å²) < 4.78 is 0. The molecule has 1 fully saturated rings. The first-order valence-corrected chi connectivity index (χ1v) is 6.79. The van der Waals surface area contributed by atoms with E-state index in [1.165, 1.54) is 25.7 Å². The zero-order valence-electron chi connectivity index (χ0n) is 10.7. The third kappa shape index (κ3) is 2.33. The molecule has 2 rings (SSSR count). The van der Waals surface area contributed by atoms with Gasteiger partial charge in [-0.2, -0.15) is 0 Å². The van der Waals surface area contributed by atoms with Crippen LogP contribution in [0.2, 0.25) is 0 Å². The standard InChI is InChI=1S/C13H25N3/c1-3-7-16-12(9-15-13(16)14)11-6-4-5-10(2)8-11/h10-12H,3-9H2,1-2H3,(H2,14,15). The number of hydrogen-bond acceptors (Lipinski definition) is 3. The van der Waals surface area contributed by atoms with E-state index in [4.69, 9.17) is 5.73 Å². The molecular formula is C13H25N3. The minimum Gasteiger partial charge on any atom is -0.370 e. The highest BCUT2D eigenvalue weighted by Gasteiger charge is 2.34. The molecule has 1 saturated carbocycles. The Morgan fingerprint density at radius 3 is 2.94 bits per heavy atom. The van der Waals surface area contributed by atoms with Crippen LogP contribution in [0.25, 0.3) is 0 Å². The molecule has 0 spiro atoms. The molecule has 0 saturated heterocycles. The molecule has 3 heteroatoms. The van der Waals surface area contributed by atoms with Gasteiger partial charge in [0.1, 0.15) is 0 Å². The molecule has 2 N–H and O–H groups in total. The monoisotopic (exact) mass is 223 g/mol. The van der Waals surface area contributed by atoms with Crippen molar-refractivity contribution in [3.05, 3.63) is 0 Å². The van der Waals surface area contributed by atoms with Gasteiger partial charge in [0.2, 0.25) is 0 Å². The van der Waals surface area contributed by atoms with Crippen molar-refractivity contribution in [1.82, 2.24) is 4.90 Å². The van der Waals surface area contributed by atoms with Crippen LogP contribution >= 0.6 is 0 Å². The predicted molar refractivity (Wildman–Crippen MR) is 68.4 cm³/mol. The van der Waals surface area contributed by atoms with Crippen LogP contribution in [0.15, 0.2) is 4.99 Å². The lowest BCUT2D eigenvalue weighted by Gasteiger charge is -2.36. The number of hydrogen-bond donors (Lipinski definition) is 1. The summed E-state index contributed by atoms with van der Waals surface area (Å²) in [5.41, 5.74) is 5.97. The molecule has 0 bridgehead atoms. The van der Waals surface area contributed by atoms with Crippen LogP contribution in [0.1, 0.15) is 46.0 Å². The molecule has 0 amide bonds. The maximum absolute atomic E-state index is 5.97. The molecule has 1 aliphatic heterocycles. The van der Waals surface area contributed by atoms with Gasteiger partial charge in [0.25, 0.3) is 0 Å². The first-order valence-electron chi connectivity index (χ1n) is 6.79. The van der Waals surface area contributed by atoms with Crippen molar-refractivity contribution in [2.24, 2.45) is 22.6 Å². The fourth-order valence-electron chi connectivity index (χ4n) is 3.30. The van der Waals surface area contributed by atoms with Gasteiger partial charge >= 0.3 is 0 Å². The van der Waals surface area contributed by atoms with E-state index in [1.807, 2.05) is 0 Å². The molecule has 1 aliphatic carbocycles.